The first-order valence-electron chi connectivity index (χ1n) is 6.34. The minimum absolute atomic E-state index is 0.250. The van der Waals surface area contributed by atoms with E-state index >= 15 is 0 Å². The summed E-state index contributed by atoms with van der Waals surface area (Å²) >= 11 is 0. The molecule has 0 bridgehead atoms. The lowest BCUT2D eigenvalue weighted by molar-refractivity contribution is -0.137. The lowest BCUT2D eigenvalue weighted by atomic mass is 10.2. The Labute approximate surface area is 116 Å². The predicted octanol–water partition coefficient (Wildman–Crippen LogP) is 3.72. The summed E-state index contributed by atoms with van der Waals surface area (Å²) in [5.41, 5.74) is 0.0150. The van der Waals surface area contributed by atoms with Crippen molar-refractivity contribution in [3.8, 4) is 0 Å². The van der Waals surface area contributed by atoms with Crippen molar-refractivity contribution in [1.29, 1.82) is 0 Å². The molecule has 0 saturated carbocycles. The summed E-state index contributed by atoms with van der Waals surface area (Å²) in [5, 5.41) is 1.16. The number of anilines is 1. The third-order valence-electron chi connectivity index (χ3n) is 2.68. The molecule has 6 heteroatoms. The smallest absolute Gasteiger partial charge is 0.381 e. The first-order chi connectivity index (χ1) is 9.36. The highest BCUT2D eigenvalue weighted by Crippen LogP contribution is 2.31. The SMILES string of the molecule is C=C(CCOCCC)N(N)c1cccc(C(F)(F)F)c1. The maximum atomic E-state index is 12.6. The summed E-state index contributed by atoms with van der Waals surface area (Å²) < 4.78 is 43.1. The minimum atomic E-state index is -4.39. The quantitative estimate of drug-likeness (QED) is 0.472. The Morgan fingerprint density at radius 2 is 2.05 bits per heavy atom. The van der Waals surface area contributed by atoms with E-state index in [1.807, 2.05) is 6.92 Å². The normalized spacial score (nSPS) is 11.4. The van der Waals surface area contributed by atoms with Gasteiger partial charge in [-0.1, -0.05) is 19.6 Å². The molecule has 0 heterocycles. The lowest BCUT2D eigenvalue weighted by Gasteiger charge is -2.22. The first-order valence-corrected chi connectivity index (χ1v) is 6.34. The molecule has 1 rings (SSSR count). The topological polar surface area (TPSA) is 38.5 Å². The van der Waals surface area contributed by atoms with Gasteiger partial charge in [-0.25, -0.2) is 5.84 Å². The van der Waals surface area contributed by atoms with Crippen molar-refractivity contribution in [3.05, 3.63) is 42.1 Å². The standard InChI is InChI=1S/C14H19F3N2O/c1-3-8-20-9-7-11(2)19(18)13-6-4-5-12(10-13)14(15,16)17/h4-6,10H,2-3,7-9,18H2,1H3. The van der Waals surface area contributed by atoms with Gasteiger partial charge in [0.25, 0.3) is 0 Å². The van der Waals surface area contributed by atoms with Crippen LogP contribution < -0.4 is 10.9 Å². The molecule has 0 spiro atoms. The maximum absolute atomic E-state index is 12.6. The fourth-order valence-corrected chi connectivity index (χ4v) is 1.57. The van der Waals surface area contributed by atoms with Crippen molar-refractivity contribution in [3.63, 3.8) is 0 Å². The van der Waals surface area contributed by atoms with Gasteiger partial charge in [-0.05, 0) is 24.6 Å². The number of halogens is 3. The van der Waals surface area contributed by atoms with E-state index in [4.69, 9.17) is 10.6 Å². The monoisotopic (exact) mass is 288 g/mol. The molecule has 0 unspecified atom stereocenters. The summed E-state index contributed by atoms with van der Waals surface area (Å²) in [6.07, 6.45) is -3.01. The third kappa shape index (κ3) is 4.86. The zero-order valence-corrected chi connectivity index (χ0v) is 11.4. The Morgan fingerprint density at radius 3 is 2.65 bits per heavy atom. The second-order valence-corrected chi connectivity index (χ2v) is 4.35. The van der Waals surface area contributed by atoms with Crippen molar-refractivity contribution in [1.82, 2.24) is 0 Å². The van der Waals surface area contributed by atoms with Crippen LogP contribution in [0.2, 0.25) is 0 Å². The molecule has 0 radical (unpaired) electrons. The van der Waals surface area contributed by atoms with E-state index in [2.05, 4.69) is 6.58 Å². The highest BCUT2D eigenvalue weighted by Gasteiger charge is 2.30. The molecule has 0 amide bonds. The molecule has 3 nitrogen and oxygen atoms in total. The van der Waals surface area contributed by atoms with Crippen LogP contribution in [0.3, 0.4) is 0 Å². The van der Waals surface area contributed by atoms with Gasteiger partial charge in [-0.2, -0.15) is 13.2 Å². The number of nitrogens with two attached hydrogens (primary N) is 1. The average molecular weight is 288 g/mol. The van der Waals surface area contributed by atoms with Gasteiger partial charge in [-0.15, -0.1) is 0 Å². The van der Waals surface area contributed by atoms with Gasteiger partial charge in [0.1, 0.15) is 0 Å². The number of rotatable bonds is 7. The van der Waals surface area contributed by atoms with Crippen molar-refractivity contribution in [2.45, 2.75) is 25.9 Å². The molecule has 0 fully saturated rings. The van der Waals surface area contributed by atoms with Gasteiger partial charge in [0, 0.05) is 18.7 Å². The number of nitrogens with zero attached hydrogens (tertiary/aromatic N) is 1. The van der Waals surface area contributed by atoms with Crippen molar-refractivity contribution in [2.24, 2.45) is 5.84 Å². The zero-order chi connectivity index (χ0) is 15.2. The Morgan fingerprint density at radius 1 is 1.35 bits per heavy atom. The third-order valence-corrected chi connectivity index (χ3v) is 2.68. The highest BCUT2D eigenvalue weighted by molar-refractivity contribution is 5.52. The van der Waals surface area contributed by atoms with Crippen molar-refractivity contribution >= 4 is 5.69 Å². The van der Waals surface area contributed by atoms with Crippen LogP contribution in [0.15, 0.2) is 36.5 Å². The predicted molar refractivity (Wildman–Crippen MR) is 73.0 cm³/mol. The molecule has 2 N–H and O–H groups in total. The summed E-state index contributed by atoms with van der Waals surface area (Å²) in [4.78, 5) is 0. The first kappa shape index (κ1) is 16.5. The molecule has 0 aliphatic carbocycles. The van der Waals surface area contributed by atoms with E-state index < -0.39 is 11.7 Å². The number of benzene rings is 1. The van der Waals surface area contributed by atoms with Crippen LogP contribution in [-0.4, -0.2) is 13.2 Å². The second-order valence-electron chi connectivity index (χ2n) is 4.35. The van der Waals surface area contributed by atoms with E-state index in [0.717, 1.165) is 23.6 Å². The molecule has 112 valence electrons. The lowest BCUT2D eigenvalue weighted by Crippen LogP contribution is -2.30. The molecule has 0 saturated heterocycles. The molecule has 0 aliphatic rings. The molecular weight excluding hydrogens is 269 g/mol. The van der Waals surface area contributed by atoms with Crippen molar-refractivity contribution in [2.75, 3.05) is 18.2 Å². The molecule has 1 aromatic carbocycles. The van der Waals surface area contributed by atoms with Gasteiger partial charge >= 0.3 is 6.18 Å². The molecule has 0 aliphatic heterocycles. The molecule has 20 heavy (non-hydrogen) atoms. The van der Waals surface area contributed by atoms with Crippen LogP contribution in [-0.2, 0) is 10.9 Å². The number of ether oxygens (including phenoxy) is 1. The zero-order valence-electron chi connectivity index (χ0n) is 11.4. The number of hydrazine groups is 1. The van der Waals surface area contributed by atoms with Crippen LogP contribution >= 0.6 is 0 Å². The molecule has 1 aromatic rings. The fourth-order valence-electron chi connectivity index (χ4n) is 1.57. The van der Waals surface area contributed by atoms with Crippen molar-refractivity contribution < 1.29 is 17.9 Å². The van der Waals surface area contributed by atoms with Gasteiger partial charge in [0.2, 0.25) is 0 Å². The van der Waals surface area contributed by atoms with Crippen LogP contribution in [0.4, 0.5) is 18.9 Å². The van der Waals surface area contributed by atoms with E-state index in [0.29, 0.717) is 25.3 Å². The summed E-state index contributed by atoms with van der Waals surface area (Å²) in [6, 6.07) is 4.83. The molecular formula is C14H19F3N2O. The fraction of sp³-hybridized carbons (Fsp3) is 0.429. The van der Waals surface area contributed by atoms with Crippen LogP contribution in [0.5, 0.6) is 0 Å². The van der Waals surface area contributed by atoms with Gasteiger partial charge in [0.05, 0.1) is 17.9 Å². The number of alkyl halides is 3. The summed E-state index contributed by atoms with van der Waals surface area (Å²) in [6.45, 7) is 6.84. The van der Waals surface area contributed by atoms with Gasteiger partial charge in [0.15, 0.2) is 0 Å². The van der Waals surface area contributed by atoms with Crippen LogP contribution in [0, 0.1) is 0 Å². The second kappa shape index (κ2) is 7.31. The highest BCUT2D eigenvalue weighted by atomic mass is 19.4. The Balaban J connectivity index is 2.67. The number of hydrogen-bond acceptors (Lipinski definition) is 3. The molecule has 0 aromatic heterocycles. The minimum Gasteiger partial charge on any atom is -0.381 e. The summed E-state index contributed by atoms with van der Waals surface area (Å²) in [7, 11) is 0. The van der Waals surface area contributed by atoms with Gasteiger partial charge in [-0.3, -0.25) is 5.01 Å². The Kier molecular flexibility index (Phi) is 6.04. The van der Waals surface area contributed by atoms with E-state index in [1.54, 1.807) is 0 Å². The largest absolute Gasteiger partial charge is 0.416 e. The van der Waals surface area contributed by atoms with Crippen LogP contribution in [0.25, 0.3) is 0 Å². The van der Waals surface area contributed by atoms with E-state index in [9.17, 15) is 13.2 Å². The Bertz CT molecular complexity index is 446. The maximum Gasteiger partial charge on any atom is 0.416 e. The van der Waals surface area contributed by atoms with E-state index in [-0.39, 0.29) is 5.69 Å². The average Bonchev–Trinajstić information content (AvgIpc) is 2.42. The van der Waals surface area contributed by atoms with Crippen LogP contribution in [0.1, 0.15) is 25.3 Å². The summed E-state index contributed by atoms with van der Waals surface area (Å²) in [5.74, 6) is 5.78. The molecule has 0 atom stereocenters. The van der Waals surface area contributed by atoms with Gasteiger partial charge < -0.3 is 4.74 Å². The van der Waals surface area contributed by atoms with E-state index in [1.165, 1.54) is 12.1 Å². The number of hydrogen-bond donors (Lipinski definition) is 1. The Hall–Kier alpha value is -1.53.